The first-order chi connectivity index (χ1) is 4.57. The van der Waals surface area contributed by atoms with Crippen LogP contribution >= 0.6 is 9.47 Å². The monoisotopic (exact) mass is 252 g/mol. The Labute approximate surface area is 93.4 Å². The van der Waals surface area contributed by atoms with Gasteiger partial charge in [0, 0.05) is 32.7 Å². The molecule has 0 bridgehead atoms. The molecule has 2 N–H and O–H groups in total. The Morgan fingerprint density at radius 2 is 2.27 bits per heavy atom. The molecule has 0 saturated carbocycles. The Hall–Kier alpha value is 0.924. The maximum atomic E-state index is 10.1. The number of nitrogens with one attached hydrogen (secondary N) is 1. The minimum absolute atomic E-state index is 0. The molecule has 0 heterocycles. The van der Waals surface area contributed by atoms with Crippen molar-refractivity contribution >= 4 is 15.4 Å². The van der Waals surface area contributed by atoms with Crippen LogP contribution in [0.3, 0.4) is 0 Å². The first-order valence-electron chi connectivity index (χ1n) is 2.70. The van der Waals surface area contributed by atoms with Crippen LogP contribution in [0.2, 0.25) is 0 Å². The molecule has 0 aliphatic rings. The molecule has 3 unspecified atom stereocenters. The van der Waals surface area contributed by atoms with Crippen LogP contribution in [0.1, 0.15) is 6.42 Å². The quantitative estimate of drug-likeness (QED) is 0.596. The summed E-state index contributed by atoms with van der Waals surface area (Å²) in [4.78, 5) is 10.1. The van der Waals surface area contributed by atoms with E-state index in [2.05, 4.69) is 11.4 Å². The summed E-state index contributed by atoms with van der Waals surface area (Å²) in [6, 6.07) is -1.14. The van der Waals surface area contributed by atoms with Crippen LogP contribution in [-0.4, -0.2) is 23.2 Å². The molecule has 0 aromatic carbocycles. The van der Waals surface area contributed by atoms with Gasteiger partial charge in [-0.25, -0.2) is 0 Å². The number of rotatable bonds is 4. The summed E-state index contributed by atoms with van der Waals surface area (Å²) in [6.45, 7) is 3.45. The number of hydrogen-bond donors (Lipinski definition) is 1. The molecule has 0 spiro atoms. The summed E-state index contributed by atoms with van der Waals surface area (Å²) >= 11 is 0. The van der Waals surface area contributed by atoms with Gasteiger partial charge < -0.3 is 22.3 Å². The second kappa shape index (κ2) is 7.57. The molecule has 0 aromatic heterocycles. The molecule has 0 aliphatic carbocycles. The molecule has 0 rings (SSSR count). The van der Waals surface area contributed by atoms with Crippen LogP contribution in [-0.2, 0) is 42.0 Å². The Morgan fingerprint density at radius 3 is 2.55 bits per heavy atom. The van der Waals surface area contributed by atoms with Crippen molar-refractivity contribution in [2.45, 2.75) is 18.6 Å². The Bertz CT molecular complexity index is 124. The topological polar surface area (TPSA) is 70.3 Å². The van der Waals surface area contributed by atoms with Crippen LogP contribution in [0, 0.1) is 6.92 Å². The maximum Gasteiger partial charge on any atom is 0.285 e. The molecule has 63 valence electrons. The van der Waals surface area contributed by atoms with Crippen molar-refractivity contribution in [2.24, 2.45) is 0 Å². The van der Waals surface area contributed by atoms with Gasteiger partial charge >= 0.3 is 0 Å². The van der Waals surface area contributed by atoms with Crippen molar-refractivity contribution in [1.82, 2.24) is 0 Å². The van der Waals surface area contributed by atoms with Crippen molar-refractivity contribution in [1.29, 1.82) is 0 Å². The second-order valence-electron chi connectivity index (χ2n) is 1.88. The van der Waals surface area contributed by atoms with E-state index in [9.17, 15) is 4.79 Å². The van der Waals surface area contributed by atoms with Gasteiger partial charge in [-0.05, 0) is 15.5 Å². The molecule has 4 nitrogen and oxygen atoms in total. The van der Waals surface area contributed by atoms with E-state index in [1.807, 2.05) is 9.47 Å². The molecule has 0 aromatic rings. The van der Waals surface area contributed by atoms with Gasteiger partial charge in [-0.15, -0.1) is 0 Å². The van der Waals surface area contributed by atoms with E-state index in [1.165, 1.54) is 0 Å². The van der Waals surface area contributed by atoms with Gasteiger partial charge in [0.2, 0.25) is 0 Å². The van der Waals surface area contributed by atoms with Crippen molar-refractivity contribution in [2.75, 3.05) is 0 Å². The van der Waals surface area contributed by atoms with Gasteiger partial charge in [-0.2, -0.15) is 0 Å². The molecule has 1 radical (unpaired) electrons. The number of carbonyl (C=O) groups is 1. The largest absolute Gasteiger partial charge is 0.665 e. The van der Waals surface area contributed by atoms with E-state index in [-0.39, 0.29) is 39.1 Å². The predicted molar refractivity (Wildman–Crippen MR) is 40.3 cm³/mol. The smallest absolute Gasteiger partial charge is 0.285 e. The molecule has 3 atom stereocenters. The van der Waals surface area contributed by atoms with Crippen molar-refractivity contribution in [3.63, 3.8) is 0 Å². The van der Waals surface area contributed by atoms with E-state index in [0.717, 1.165) is 0 Å². The maximum absolute atomic E-state index is 10.1. The van der Waals surface area contributed by atoms with Gasteiger partial charge in [-0.1, -0.05) is 12.5 Å². The summed E-state index contributed by atoms with van der Waals surface area (Å²) in [6.07, 6.45) is -0.331. The third kappa shape index (κ3) is 7.29. The molecule has 0 aliphatic heterocycles. The van der Waals surface area contributed by atoms with Crippen LogP contribution in [0.25, 0.3) is 5.73 Å². The molecule has 0 fully saturated rings. The molecule has 0 saturated heterocycles. The van der Waals surface area contributed by atoms with Crippen LogP contribution in [0.5, 0.6) is 0 Å². The Balaban J connectivity index is 0. The summed E-state index contributed by atoms with van der Waals surface area (Å²) in [5.74, 6) is -1.14. The minimum Gasteiger partial charge on any atom is -0.665 e. The molecular formula is C5H10NO3PY-2. The first-order valence-corrected chi connectivity index (χ1v) is 3.17. The molecular weight excluding hydrogens is 242 g/mol. The van der Waals surface area contributed by atoms with Crippen molar-refractivity contribution < 1.29 is 47.1 Å². The van der Waals surface area contributed by atoms with Gasteiger partial charge in [0.15, 0.2) is 0 Å². The van der Waals surface area contributed by atoms with E-state index >= 15 is 0 Å². The van der Waals surface area contributed by atoms with Crippen LogP contribution in [0.4, 0.5) is 0 Å². The third-order valence-electron chi connectivity index (χ3n) is 0.989. The van der Waals surface area contributed by atoms with Gasteiger partial charge in [-0.3, -0.25) is 4.79 Å². The SMILES string of the molecule is [CH2-]C(CC([NH-])C(=O)O)OP.[Y]. The van der Waals surface area contributed by atoms with Gasteiger partial charge in [0.05, 0.1) is 0 Å². The first kappa shape index (κ1) is 14.4. The normalized spacial score (nSPS) is 14.8. The van der Waals surface area contributed by atoms with Crippen LogP contribution in [0.15, 0.2) is 0 Å². The summed E-state index contributed by atoms with van der Waals surface area (Å²) < 4.78 is 4.59. The average molecular weight is 252 g/mol. The summed E-state index contributed by atoms with van der Waals surface area (Å²) in [7, 11) is 1.98. The molecule has 11 heavy (non-hydrogen) atoms. The van der Waals surface area contributed by atoms with Crippen molar-refractivity contribution in [3.8, 4) is 0 Å². The summed E-state index contributed by atoms with van der Waals surface area (Å²) in [5, 5.41) is 8.25. The number of carboxylic acids is 1. The summed E-state index contributed by atoms with van der Waals surface area (Å²) in [5.41, 5.74) is 6.93. The number of hydrogen-bond acceptors (Lipinski definition) is 2. The van der Waals surface area contributed by atoms with Gasteiger partial charge in [0.1, 0.15) is 0 Å². The third-order valence-corrected chi connectivity index (χ3v) is 1.37. The van der Waals surface area contributed by atoms with Crippen LogP contribution < -0.4 is 0 Å². The zero-order valence-corrected chi connectivity index (χ0v) is 9.98. The molecule has 0 amide bonds. The van der Waals surface area contributed by atoms with E-state index in [4.69, 9.17) is 10.8 Å². The zero-order valence-electron chi connectivity index (χ0n) is 5.99. The molecule has 6 heteroatoms. The van der Waals surface area contributed by atoms with E-state index in [1.54, 1.807) is 0 Å². The average Bonchev–Trinajstić information content (AvgIpc) is 1.87. The van der Waals surface area contributed by atoms with E-state index < -0.39 is 18.1 Å². The fourth-order valence-electron chi connectivity index (χ4n) is 0.419. The zero-order chi connectivity index (χ0) is 8.15. The fraction of sp³-hybridized carbons (Fsp3) is 0.600. The fourth-order valence-corrected chi connectivity index (χ4v) is 0.530. The minimum atomic E-state index is -1.14. The van der Waals surface area contributed by atoms with Crippen molar-refractivity contribution in [3.05, 3.63) is 12.7 Å². The number of aliphatic carboxylic acids is 1. The Kier molecular flexibility index (Phi) is 9.94. The van der Waals surface area contributed by atoms with E-state index in [0.29, 0.717) is 0 Å². The standard InChI is InChI=1S/C5H10NO3P.Y/c1-3(9-10)2-4(6)5(7)8;/h3-4,6H,1-2,10H2,(H,7,8);/q-2;. The van der Waals surface area contributed by atoms with Gasteiger partial charge in [0.25, 0.3) is 5.97 Å². The predicted octanol–water partition coefficient (Wildman–Crippen LogP) is 0.889. The Morgan fingerprint density at radius 1 is 1.82 bits per heavy atom. The second-order valence-corrected chi connectivity index (χ2v) is 2.16. The number of carboxylic acid groups (broad SMARTS) is 1.